The molecule has 0 unspecified atom stereocenters. The van der Waals surface area contributed by atoms with Crippen LogP contribution in [0.2, 0.25) is 0 Å². The summed E-state index contributed by atoms with van der Waals surface area (Å²) >= 11 is 0. The van der Waals surface area contributed by atoms with Gasteiger partial charge in [0, 0.05) is 12.1 Å². The molecule has 8 heteroatoms. The Hall–Kier alpha value is -1.70. The zero-order valence-corrected chi connectivity index (χ0v) is 11.3. The second-order valence-corrected chi connectivity index (χ2v) is 6.81. The van der Waals surface area contributed by atoms with Gasteiger partial charge in [0.15, 0.2) is 9.84 Å². The van der Waals surface area contributed by atoms with Crippen LogP contribution in [0.1, 0.15) is 13.8 Å². The van der Waals surface area contributed by atoms with Gasteiger partial charge in [0.1, 0.15) is 12.4 Å². The molecular formula is C11H14FNO5S. The minimum atomic E-state index is -3.23. The van der Waals surface area contributed by atoms with E-state index in [9.17, 15) is 22.9 Å². The molecule has 0 saturated heterocycles. The summed E-state index contributed by atoms with van der Waals surface area (Å²) in [6, 6.07) is 3.06. The summed E-state index contributed by atoms with van der Waals surface area (Å²) in [5.41, 5.74) is -0.651. The van der Waals surface area contributed by atoms with Gasteiger partial charge in [-0.2, -0.15) is 4.39 Å². The van der Waals surface area contributed by atoms with E-state index in [1.54, 1.807) is 13.8 Å². The maximum atomic E-state index is 13.3. The fourth-order valence-corrected chi connectivity index (χ4v) is 2.02. The molecule has 0 spiro atoms. The Kier molecular flexibility index (Phi) is 4.82. The van der Waals surface area contributed by atoms with Crippen LogP contribution in [-0.2, 0) is 9.84 Å². The Labute approximate surface area is 110 Å². The summed E-state index contributed by atoms with van der Waals surface area (Å²) in [5.74, 6) is -1.15. The molecule has 0 saturated carbocycles. The predicted octanol–water partition coefficient (Wildman–Crippen LogP) is 1.94. The highest BCUT2D eigenvalue weighted by molar-refractivity contribution is 7.91. The van der Waals surface area contributed by atoms with Gasteiger partial charge in [-0.15, -0.1) is 0 Å². The van der Waals surface area contributed by atoms with Crippen LogP contribution in [0.3, 0.4) is 0 Å². The van der Waals surface area contributed by atoms with E-state index in [1.165, 1.54) is 6.07 Å². The maximum absolute atomic E-state index is 13.3. The summed E-state index contributed by atoms with van der Waals surface area (Å²) in [7, 11) is -3.23. The summed E-state index contributed by atoms with van der Waals surface area (Å²) in [6.07, 6.45) is 0. The Morgan fingerprint density at radius 2 is 2.05 bits per heavy atom. The van der Waals surface area contributed by atoms with Gasteiger partial charge < -0.3 is 4.74 Å². The van der Waals surface area contributed by atoms with Crippen LogP contribution in [0.15, 0.2) is 18.2 Å². The van der Waals surface area contributed by atoms with Crippen molar-refractivity contribution in [2.45, 2.75) is 19.1 Å². The van der Waals surface area contributed by atoms with Crippen LogP contribution in [0.4, 0.5) is 10.1 Å². The van der Waals surface area contributed by atoms with Crippen molar-refractivity contribution in [2.75, 3.05) is 12.4 Å². The fourth-order valence-electron chi connectivity index (χ4n) is 1.24. The number of ether oxygens (including phenoxy) is 1. The molecular weight excluding hydrogens is 277 g/mol. The van der Waals surface area contributed by atoms with Crippen molar-refractivity contribution in [3.8, 4) is 5.75 Å². The number of rotatable bonds is 6. The number of nitro groups is 1. The first kappa shape index (κ1) is 15.4. The van der Waals surface area contributed by atoms with Crippen molar-refractivity contribution in [1.82, 2.24) is 0 Å². The summed E-state index contributed by atoms with van der Waals surface area (Å²) in [6.45, 7) is 2.99. The van der Waals surface area contributed by atoms with Gasteiger partial charge in [0.25, 0.3) is 0 Å². The Morgan fingerprint density at radius 1 is 1.42 bits per heavy atom. The number of benzene rings is 1. The van der Waals surface area contributed by atoms with Crippen molar-refractivity contribution in [3.05, 3.63) is 34.1 Å². The molecule has 1 aromatic carbocycles. The van der Waals surface area contributed by atoms with Gasteiger partial charge in [-0.3, -0.25) is 10.1 Å². The number of nitro benzene ring substituents is 1. The molecule has 0 aliphatic rings. The molecule has 6 nitrogen and oxygen atoms in total. The van der Waals surface area contributed by atoms with Gasteiger partial charge in [-0.25, -0.2) is 8.42 Å². The molecule has 0 aromatic heterocycles. The average molecular weight is 291 g/mol. The highest BCUT2D eigenvalue weighted by Gasteiger charge is 2.17. The molecule has 1 rings (SSSR count). The second kappa shape index (κ2) is 5.96. The molecule has 0 amide bonds. The lowest BCUT2D eigenvalue weighted by Crippen LogP contribution is -2.22. The van der Waals surface area contributed by atoms with Crippen molar-refractivity contribution < 1.29 is 22.5 Å². The van der Waals surface area contributed by atoms with E-state index in [0.717, 1.165) is 12.1 Å². The van der Waals surface area contributed by atoms with Gasteiger partial charge in [0.2, 0.25) is 5.82 Å². The first-order valence-corrected chi connectivity index (χ1v) is 7.24. The molecule has 0 radical (unpaired) electrons. The standard InChI is InChI=1S/C11H14FNO5S/c1-8(2)19(16,17)6-5-18-9-3-4-11(13(14)15)10(12)7-9/h3-4,7-8H,5-6H2,1-2H3. The lowest BCUT2D eigenvalue weighted by Gasteiger charge is -2.09. The predicted molar refractivity (Wildman–Crippen MR) is 67.5 cm³/mol. The van der Waals surface area contributed by atoms with E-state index >= 15 is 0 Å². The van der Waals surface area contributed by atoms with E-state index < -0.39 is 31.5 Å². The summed E-state index contributed by atoms with van der Waals surface area (Å²) in [4.78, 5) is 9.55. The van der Waals surface area contributed by atoms with Gasteiger partial charge in [-0.1, -0.05) is 0 Å². The molecule has 0 bridgehead atoms. The molecule has 0 heterocycles. The SMILES string of the molecule is CC(C)S(=O)(=O)CCOc1ccc([N+](=O)[O-])c(F)c1. The molecule has 0 N–H and O–H groups in total. The minimum absolute atomic E-state index is 0.0575. The van der Waals surface area contributed by atoms with Gasteiger partial charge >= 0.3 is 5.69 Å². The summed E-state index contributed by atoms with van der Waals surface area (Å²) < 4.78 is 41.3. The largest absolute Gasteiger partial charge is 0.492 e. The maximum Gasteiger partial charge on any atom is 0.305 e. The average Bonchev–Trinajstić information content (AvgIpc) is 2.28. The molecule has 0 aliphatic carbocycles. The fraction of sp³-hybridized carbons (Fsp3) is 0.455. The molecule has 0 aliphatic heterocycles. The second-order valence-electron chi connectivity index (χ2n) is 4.13. The van der Waals surface area contributed by atoms with E-state index in [1.807, 2.05) is 0 Å². The lowest BCUT2D eigenvalue weighted by atomic mass is 10.3. The van der Waals surface area contributed by atoms with Crippen LogP contribution >= 0.6 is 0 Å². The lowest BCUT2D eigenvalue weighted by molar-refractivity contribution is -0.387. The van der Waals surface area contributed by atoms with E-state index in [-0.39, 0.29) is 18.1 Å². The zero-order valence-electron chi connectivity index (χ0n) is 10.5. The summed E-state index contributed by atoms with van der Waals surface area (Å²) in [5, 5.41) is 9.89. The molecule has 106 valence electrons. The highest BCUT2D eigenvalue weighted by Crippen LogP contribution is 2.22. The number of hydrogen-bond donors (Lipinski definition) is 0. The van der Waals surface area contributed by atoms with E-state index in [0.29, 0.717) is 0 Å². The van der Waals surface area contributed by atoms with Gasteiger partial charge in [0.05, 0.1) is 15.9 Å². The van der Waals surface area contributed by atoms with Crippen LogP contribution in [0.5, 0.6) is 5.75 Å². The normalized spacial score (nSPS) is 11.6. The first-order valence-electron chi connectivity index (χ1n) is 5.52. The molecule has 0 atom stereocenters. The van der Waals surface area contributed by atoms with Gasteiger partial charge in [-0.05, 0) is 19.9 Å². The Bertz CT molecular complexity index is 570. The minimum Gasteiger partial charge on any atom is -0.492 e. The van der Waals surface area contributed by atoms with Crippen molar-refractivity contribution >= 4 is 15.5 Å². The Morgan fingerprint density at radius 3 is 2.53 bits per heavy atom. The number of halogens is 1. The van der Waals surface area contributed by atoms with Crippen LogP contribution in [0, 0.1) is 15.9 Å². The monoisotopic (exact) mass is 291 g/mol. The van der Waals surface area contributed by atoms with Crippen molar-refractivity contribution in [2.24, 2.45) is 0 Å². The van der Waals surface area contributed by atoms with Crippen LogP contribution < -0.4 is 4.74 Å². The third-order valence-electron chi connectivity index (χ3n) is 2.47. The Balaban J connectivity index is 2.65. The number of hydrogen-bond acceptors (Lipinski definition) is 5. The quantitative estimate of drug-likeness (QED) is 0.590. The molecule has 1 aromatic rings. The topological polar surface area (TPSA) is 86.5 Å². The van der Waals surface area contributed by atoms with Crippen molar-refractivity contribution in [3.63, 3.8) is 0 Å². The smallest absolute Gasteiger partial charge is 0.305 e. The number of sulfone groups is 1. The van der Waals surface area contributed by atoms with Crippen LogP contribution in [-0.4, -0.2) is 31.0 Å². The van der Waals surface area contributed by atoms with E-state index in [2.05, 4.69) is 0 Å². The third-order valence-corrected chi connectivity index (χ3v) is 4.64. The molecule has 0 fully saturated rings. The number of nitrogens with zero attached hydrogens (tertiary/aromatic N) is 1. The third kappa shape index (κ3) is 4.16. The molecule has 19 heavy (non-hydrogen) atoms. The van der Waals surface area contributed by atoms with Crippen molar-refractivity contribution in [1.29, 1.82) is 0 Å². The van der Waals surface area contributed by atoms with E-state index in [4.69, 9.17) is 4.74 Å². The first-order chi connectivity index (χ1) is 8.74. The van der Waals surface area contributed by atoms with Crippen LogP contribution in [0.25, 0.3) is 0 Å². The zero-order chi connectivity index (χ0) is 14.6. The highest BCUT2D eigenvalue weighted by atomic mass is 32.2.